The summed E-state index contributed by atoms with van der Waals surface area (Å²) in [5.74, 6) is 0.624. The Balaban J connectivity index is 1.80. The molecule has 0 aliphatic carbocycles. The zero-order valence-corrected chi connectivity index (χ0v) is 14.0. The van der Waals surface area contributed by atoms with Gasteiger partial charge in [-0.2, -0.15) is 9.57 Å². The molecule has 0 amide bonds. The van der Waals surface area contributed by atoms with Crippen LogP contribution in [-0.2, 0) is 10.0 Å². The van der Waals surface area contributed by atoms with Gasteiger partial charge < -0.3 is 4.90 Å². The van der Waals surface area contributed by atoms with Gasteiger partial charge in [0.2, 0.25) is 10.0 Å². The number of rotatable bonds is 3. The Morgan fingerprint density at radius 3 is 2.54 bits per heavy atom. The summed E-state index contributed by atoms with van der Waals surface area (Å²) in [7, 11) is -3.49. The third kappa shape index (κ3) is 3.25. The number of hydrogen-bond donors (Lipinski definition) is 0. The van der Waals surface area contributed by atoms with Crippen LogP contribution >= 0.6 is 0 Å². The highest BCUT2D eigenvalue weighted by Gasteiger charge is 2.27. The molecule has 1 fully saturated rings. The van der Waals surface area contributed by atoms with Crippen LogP contribution < -0.4 is 4.90 Å². The lowest BCUT2D eigenvalue weighted by Gasteiger charge is -2.23. The molecule has 0 N–H and O–H groups in total. The third-order valence-electron chi connectivity index (χ3n) is 4.04. The van der Waals surface area contributed by atoms with Crippen molar-refractivity contribution in [1.82, 2.24) is 9.29 Å². The van der Waals surface area contributed by atoms with Crippen LogP contribution in [0.3, 0.4) is 0 Å². The van der Waals surface area contributed by atoms with E-state index in [0.29, 0.717) is 48.9 Å². The van der Waals surface area contributed by atoms with Crippen molar-refractivity contribution < 1.29 is 8.42 Å². The molecule has 0 unspecified atom stereocenters. The second kappa shape index (κ2) is 6.99. The summed E-state index contributed by atoms with van der Waals surface area (Å²) in [6, 6.07) is 14.1. The second-order valence-corrected chi connectivity index (χ2v) is 7.48. The maximum absolute atomic E-state index is 12.7. The summed E-state index contributed by atoms with van der Waals surface area (Å²) in [5.41, 5.74) is 0.511. The van der Waals surface area contributed by atoms with E-state index in [4.69, 9.17) is 0 Å². The smallest absolute Gasteiger partial charge is 0.243 e. The maximum atomic E-state index is 12.7. The third-order valence-corrected chi connectivity index (χ3v) is 5.96. The maximum Gasteiger partial charge on any atom is 0.243 e. The van der Waals surface area contributed by atoms with Crippen molar-refractivity contribution >= 4 is 15.8 Å². The highest BCUT2D eigenvalue weighted by atomic mass is 32.2. The first-order valence-corrected chi connectivity index (χ1v) is 9.22. The van der Waals surface area contributed by atoms with Gasteiger partial charge in [-0.05, 0) is 30.7 Å². The minimum atomic E-state index is -3.49. The van der Waals surface area contributed by atoms with E-state index in [9.17, 15) is 13.7 Å². The molecule has 124 valence electrons. The molecular formula is C17H18N4O2S. The van der Waals surface area contributed by atoms with Crippen LogP contribution in [0.15, 0.2) is 53.6 Å². The van der Waals surface area contributed by atoms with Gasteiger partial charge in [0.15, 0.2) is 0 Å². The fourth-order valence-electron chi connectivity index (χ4n) is 2.82. The zero-order valence-electron chi connectivity index (χ0n) is 13.2. The predicted molar refractivity (Wildman–Crippen MR) is 91.0 cm³/mol. The number of pyridine rings is 1. The molecule has 0 radical (unpaired) electrons. The van der Waals surface area contributed by atoms with E-state index in [1.165, 1.54) is 4.31 Å². The first kappa shape index (κ1) is 16.4. The van der Waals surface area contributed by atoms with E-state index in [1.807, 2.05) is 4.90 Å². The Morgan fingerprint density at radius 1 is 1.00 bits per heavy atom. The fraction of sp³-hybridized carbons (Fsp3) is 0.294. The Hall–Kier alpha value is -2.43. The molecule has 2 heterocycles. The Morgan fingerprint density at radius 2 is 1.79 bits per heavy atom. The molecule has 1 aliphatic heterocycles. The number of anilines is 1. The standard InChI is InChI=1S/C17H18N4O2S/c18-14-15-6-4-9-19-17(15)20-10-5-11-21(13-12-20)24(22,23)16-7-2-1-3-8-16/h1-4,6-9H,5,10-13H2. The van der Waals surface area contributed by atoms with Crippen LogP contribution in [0.25, 0.3) is 0 Å². The van der Waals surface area contributed by atoms with Crippen LogP contribution in [-0.4, -0.2) is 43.9 Å². The summed E-state index contributed by atoms with van der Waals surface area (Å²) in [6.45, 7) is 2.02. The highest BCUT2D eigenvalue weighted by Crippen LogP contribution is 2.21. The van der Waals surface area contributed by atoms with Gasteiger partial charge in [-0.1, -0.05) is 18.2 Å². The van der Waals surface area contributed by atoms with Gasteiger partial charge in [-0.3, -0.25) is 0 Å². The van der Waals surface area contributed by atoms with Gasteiger partial charge in [-0.25, -0.2) is 13.4 Å². The molecule has 0 bridgehead atoms. The zero-order chi connectivity index (χ0) is 17.0. The van der Waals surface area contributed by atoms with Gasteiger partial charge in [0.1, 0.15) is 11.9 Å². The summed E-state index contributed by atoms with van der Waals surface area (Å²) < 4.78 is 27.0. The van der Waals surface area contributed by atoms with Crippen molar-refractivity contribution in [1.29, 1.82) is 5.26 Å². The first-order chi connectivity index (χ1) is 11.6. The molecular weight excluding hydrogens is 324 g/mol. The number of aromatic nitrogens is 1. The van der Waals surface area contributed by atoms with E-state index < -0.39 is 10.0 Å². The second-order valence-electron chi connectivity index (χ2n) is 5.54. The van der Waals surface area contributed by atoms with Crippen molar-refractivity contribution in [2.24, 2.45) is 0 Å². The quantitative estimate of drug-likeness (QED) is 0.851. The van der Waals surface area contributed by atoms with Gasteiger partial charge in [-0.15, -0.1) is 0 Å². The van der Waals surface area contributed by atoms with Crippen LogP contribution in [0.2, 0.25) is 0 Å². The minimum Gasteiger partial charge on any atom is -0.354 e. The van der Waals surface area contributed by atoms with E-state index in [2.05, 4.69) is 11.1 Å². The molecule has 3 rings (SSSR count). The number of benzene rings is 1. The van der Waals surface area contributed by atoms with E-state index in [0.717, 1.165) is 0 Å². The summed E-state index contributed by atoms with van der Waals surface area (Å²) >= 11 is 0. The lowest BCUT2D eigenvalue weighted by Crippen LogP contribution is -2.35. The average Bonchev–Trinajstić information content (AvgIpc) is 2.89. The fourth-order valence-corrected chi connectivity index (χ4v) is 4.31. The average molecular weight is 342 g/mol. The highest BCUT2D eigenvalue weighted by molar-refractivity contribution is 7.89. The molecule has 1 aromatic heterocycles. The lowest BCUT2D eigenvalue weighted by atomic mass is 10.2. The SMILES string of the molecule is N#Cc1cccnc1N1CCCN(S(=O)(=O)c2ccccc2)CC1. The van der Waals surface area contributed by atoms with Gasteiger partial charge in [0.25, 0.3) is 0 Å². The molecule has 7 heteroatoms. The summed E-state index contributed by atoms with van der Waals surface area (Å²) in [4.78, 5) is 6.59. The van der Waals surface area contributed by atoms with E-state index in [1.54, 1.807) is 48.7 Å². The van der Waals surface area contributed by atoms with Crippen molar-refractivity contribution in [3.8, 4) is 6.07 Å². The summed E-state index contributed by atoms with van der Waals surface area (Å²) in [5, 5.41) is 9.23. The molecule has 1 aromatic carbocycles. The minimum absolute atomic E-state index is 0.314. The predicted octanol–water partition coefficient (Wildman–Crippen LogP) is 1.85. The molecule has 2 aromatic rings. The number of nitriles is 1. The van der Waals surface area contributed by atoms with Crippen molar-refractivity contribution in [3.05, 3.63) is 54.2 Å². The normalized spacial score (nSPS) is 16.4. The molecule has 0 spiro atoms. The van der Waals surface area contributed by atoms with Gasteiger partial charge in [0.05, 0.1) is 10.5 Å². The van der Waals surface area contributed by atoms with Gasteiger partial charge >= 0.3 is 0 Å². The monoisotopic (exact) mass is 342 g/mol. The topological polar surface area (TPSA) is 77.3 Å². The molecule has 24 heavy (non-hydrogen) atoms. The van der Waals surface area contributed by atoms with Crippen LogP contribution in [0.5, 0.6) is 0 Å². The number of hydrogen-bond acceptors (Lipinski definition) is 5. The van der Waals surface area contributed by atoms with Crippen LogP contribution in [0, 0.1) is 11.3 Å². The molecule has 1 saturated heterocycles. The summed E-state index contributed by atoms with van der Waals surface area (Å²) in [6.07, 6.45) is 2.34. The number of sulfonamides is 1. The van der Waals surface area contributed by atoms with Crippen molar-refractivity contribution in [2.75, 3.05) is 31.1 Å². The van der Waals surface area contributed by atoms with Crippen LogP contribution in [0.4, 0.5) is 5.82 Å². The van der Waals surface area contributed by atoms with Crippen molar-refractivity contribution in [3.63, 3.8) is 0 Å². The Kier molecular flexibility index (Phi) is 4.79. The van der Waals surface area contributed by atoms with E-state index >= 15 is 0 Å². The Labute approximate surface area is 142 Å². The molecule has 0 atom stereocenters. The molecule has 0 saturated carbocycles. The van der Waals surface area contributed by atoms with Crippen molar-refractivity contribution in [2.45, 2.75) is 11.3 Å². The van der Waals surface area contributed by atoms with Crippen LogP contribution in [0.1, 0.15) is 12.0 Å². The van der Waals surface area contributed by atoms with Gasteiger partial charge in [0, 0.05) is 32.4 Å². The lowest BCUT2D eigenvalue weighted by molar-refractivity contribution is 0.433. The number of nitrogens with zero attached hydrogens (tertiary/aromatic N) is 4. The Bertz CT molecular complexity index is 846. The molecule has 6 nitrogen and oxygen atoms in total. The molecule has 1 aliphatic rings. The largest absolute Gasteiger partial charge is 0.354 e. The first-order valence-electron chi connectivity index (χ1n) is 7.78. The van der Waals surface area contributed by atoms with E-state index in [-0.39, 0.29) is 0 Å².